The van der Waals surface area contributed by atoms with Crippen LogP contribution in [0.5, 0.6) is 11.5 Å². The molecule has 0 aliphatic heterocycles. The number of benzene rings is 2. The van der Waals surface area contributed by atoms with E-state index in [-0.39, 0.29) is 10.8 Å². The van der Waals surface area contributed by atoms with Gasteiger partial charge in [0.25, 0.3) is 0 Å². The predicted octanol–water partition coefficient (Wildman–Crippen LogP) is 5.90. The lowest BCUT2D eigenvalue weighted by Gasteiger charge is -2.29. The number of phenols is 2. The third-order valence-corrected chi connectivity index (χ3v) is 4.93. The Bertz CT molecular complexity index is 720. The first-order chi connectivity index (χ1) is 11.3. The van der Waals surface area contributed by atoms with Gasteiger partial charge in [-0.05, 0) is 76.6 Å². The van der Waals surface area contributed by atoms with Gasteiger partial charge in [0.2, 0.25) is 0 Å². The fourth-order valence-electron chi connectivity index (χ4n) is 4.10. The Balaban J connectivity index is 2.67. The second-order valence-corrected chi connectivity index (χ2v) is 9.16. The third-order valence-electron chi connectivity index (χ3n) is 4.93. The number of phenolic OH excluding ortho intramolecular Hbond substituents is 2. The maximum Gasteiger partial charge on any atom is 0.118 e. The Morgan fingerprint density at radius 3 is 1.24 bits per heavy atom. The molecule has 2 nitrogen and oxygen atoms in total. The van der Waals surface area contributed by atoms with Crippen molar-refractivity contribution in [2.75, 3.05) is 0 Å². The Hall–Kier alpha value is -1.96. The molecular formula is C23H32O2. The van der Waals surface area contributed by atoms with E-state index in [0.717, 1.165) is 17.5 Å². The molecule has 0 saturated heterocycles. The third kappa shape index (κ3) is 3.84. The zero-order chi connectivity index (χ0) is 19.2. The molecule has 2 N–H and O–H groups in total. The van der Waals surface area contributed by atoms with Gasteiger partial charge in [-0.2, -0.15) is 0 Å². The summed E-state index contributed by atoms with van der Waals surface area (Å²) >= 11 is 0. The van der Waals surface area contributed by atoms with Gasteiger partial charge in [0.1, 0.15) is 11.5 Å². The van der Waals surface area contributed by atoms with Gasteiger partial charge in [0.05, 0.1) is 0 Å². The molecule has 25 heavy (non-hydrogen) atoms. The van der Waals surface area contributed by atoms with E-state index < -0.39 is 0 Å². The summed E-state index contributed by atoms with van der Waals surface area (Å²) in [7, 11) is 0. The number of hydrogen-bond donors (Lipinski definition) is 2. The highest BCUT2D eigenvalue weighted by Gasteiger charge is 2.26. The first kappa shape index (κ1) is 19.4. The molecule has 0 radical (unpaired) electrons. The summed E-state index contributed by atoms with van der Waals surface area (Å²) in [6.07, 6.45) is 0.793. The van der Waals surface area contributed by atoms with Gasteiger partial charge in [-0.3, -0.25) is 0 Å². The molecular weight excluding hydrogens is 308 g/mol. The molecule has 0 bridgehead atoms. The largest absolute Gasteiger partial charge is 0.508 e. The van der Waals surface area contributed by atoms with Crippen molar-refractivity contribution >= 4 is 0 Å². The minimum absolute atomic E-state index is 0.0496. The van der Waals surface area contributed by atoms with Crippen LogP contribution in [0, 0.1) is 13.8 Å². The van der Waals surface area contributed by atoms with Gasteiger partial charge in [-0.25, -0.2) is 0 Å². The van der Waals surface area contributed by atoms with Gasteiger partial charge in [-0.1, -0.05) is 53.7 Å². The zero-order valence-electron chi connectivity index (χ0n) is 16.9. The highest BCUT2D eigenvalue weighted by atomic mass is 16.3. The Morgan fingerprint density at radius 2 is 0.960 bits per heavy atom. The van der Waals surface area contributed by atoms with Crippen LogP contribution in [0.4, 0.5) is 0 Å². The molecule has 0 atom stereocenters. The summed E-state index contributed by atoms with van der Waals surface area (Å²) in [4.78, 5) is 0. The highest BCUT2D eigenvalue weighted by Crippen LogP contribution is 2.38. The van der Waals surface area contributed by atoms with E-state index in [9.17, 15) is 10.2 Å². The number of aromatic hydroxyl groups is 2. The fourth-order valence-corrected chi connectivity index (χ4v) is 4.10. The van der Waals surface area contributed by atoms with Gasteiger partial charge in [-0.15, -0.1) is 0 Å². The molecule has 0 unspecified atom stereocenters. The Labute approximate surface area is 152 Å². The summed E-state index contributed by atoms with van der Waals surface area (Å²) < 4.78 is 0. The van der Waals surface area contributed by atoms with Crippen LogP contribution in [0.25, 0.3) is 0 Å². The van der Waals surface area contributed by atoms with Gasteiger partial charge in [0.15, 0.2) is 0 Å². The molecule has 0 aromatic heterocycles. The summed E-state index contributed by atoms with van der Waals surface area (Å²) in [6, 6.07) is 7.67. The lowest BCUT2D eigenvalue weighted by molar-refractivity contribution is 0.464. The van der Waals surface area contributed by atoms with Crippen LogP contribution in [-0.4, -0.2) is 10.2 Å². The van der Waals surface area contributed by atoms with Crippen molar-refractivity contribution in [3.63, 3.8) is 0 Å². The van der Waals surface area contributed by atoms with E-state index in [4.69, 9.17) is 0 Å². The smallest absolute Gasteiger partial charge is 0.118 e. The fraction of sp³-hybridized carbons (Fsp3) is 0.478. The van der Waals surface area contributed by atoms with E-state index in [0.29, 0.717) is 11.5 Å². The summed E-state index contributed by atoms with van der Waals surface area (Å²) in [5.41, 5.74) is 6.70. The van der Waals surface area contributed by atoms with Crippen molar-refractivity contribution in [1.29, 1.82) is 0 Å². The van der Waals surface area contributed by atoms with Crippen LogP contribution >= 0.6 is 0 Å². The highest BCUT2D eigenvalue weighted by molar-refractivity contribution is 5.52. The maximum atomic E-state index is 10.2. The van der Waals surface area contributed by atoms with Gasteiger partial charge in [0, 0.05) is 0 Å². The SMILES string of the molecule is Cc1c(O)ccc(Cc2ccc(O)c(C)c2C(C)(C)C)c1C(C)(C)C. The first-order valence-electron chi connectivity index (χ1n) is 8.98. The van der Waals surface area contributed by atoms with E-state index in [1.807, 2.05) is 26.0 Å². The molecule has 2 rings (SSSR count). The molecule has 0 aliphatic rings. The average molecular weight is 341 g/mol. The second-order valence-electron chi connectivity index (χ2n) is 9.16. The maximum absolute atomic E-state index is 10.2. The normalized spacial score (nSPS) is 12.5. The standard InChI is InChI=1S/C23H32O2/c1-14-18(24)11-9-16(20(14)22(3,4)5)13-17-10-12-19(25)15(2)21(17)23(6,7)8/h9-12,24-25H,13H2,1-8H3. The van der Waals surface area contributed by atoms with Crippen LogP contribution in [0.3, 0.4) is 0 Å². The minimum atomic E-state index is -0.0496. The average Bonchev–Trinajstić information content (AvgIpc) is 2.44. The molecule has 0 heterocycles. The van der Waals surface area contributed by atoms with Gasteiger partial charge >= 0.3 is 0 Å². The van der Waals surface area contributed by atoms with Crippen LogP contribution < -0.4 is 0 Å². The van der Waals surface area contributed by atoms with E-state index in [2.05, 4.69) is 41.5 Å². The molecule has 2 heteroatoms. The van der Waals surface area contributed by atoms with E-state index in [1.54, 1.807) is 12.1 Å². The minimum Gasteiger partial charge on any atom is -0.508 e. The van der Waals surface area contributed by atoms with Gasteiger partial charge < -0.3 is 10.2 Å². The van der Waals surface area contributed by atoms with Crippen molar-refractivity contribution in [2.45, 2.75) is 72.6 Å². The quantitative estimate of drug-likeness (QED) is 0.714. The van der Waals surface area contributed by atoms with E-state index in [1.165, 1.54) is 22.3 Å². The molecule has 2 aromatic carbocycles. The Morgan fingerprint density at radius 1 is 0.640 bits per heavy atom. The summed E-state index contributed by atoms with van der Waals surface area (Å²) in [6.45, 7) is 17.1. The van der Waals surface area contributed by atoms with E-state index >= 15 is 0 Å². The molecule has 136 valence electrons. The molecule has 0 spiro atoms. The summed E-state index contributed by atoms with van der Waals surface area (Å²) in [5, 5.41) is 20.4. The zero-order valence-corrected chi connectivity index (χ0v) is 16.9. The number of hydrogen-bond acceptors (Lipinski definition) is 2. The Kier molecular flexibility index (Phi) is 4.96. The van der Waals surface area contributed by atoms with Crippen molar-refractivity contribution in [2.24, 2.45) is 0 Å². The topological polar surface area (TPSA) is 40.5 Å². The van der Waals surface area contributed by atoms with Crippen LogP contribution in [-0.2, 0) is 17.3 Å². The predicted molar refractivity (Wildman–Crippen MR) is 106 cm³/mol. The lowest BCUT2D eigenvalue weighted by Crippen LogP contribution is -2.19. The number of rotatable bonds is 2. The molecule has 2 aromatic rings. The van der Waals surface area contributed by atoms with Crippen molar-refractivity contribution in [3.05, 3.63) is 57.6 Å². The monoisotopic (exact) mass is 340 g/mol. The summed E-state index contributed by atoms with van der Waals surface area (Å²) in [5.74, 6) is 0.707. The molecule has 0 saturated carbocycles. The molecule has 0 fully saturated rings. The van der Waals surface area contributed by atoms with Crippen LogP contribution in [0.15, 0.2) is 24.3 Å². The van der Waals surface area contributed by atoms with Crippen molar-refractivity contribution < 1.29 is 10.2 Å². The lowest BCUT2D eigenvalue weighted by atomic mass is 9.76. The first-order valence-corrected chi connectivity index (χ1v) is 8.98. The molecule has 0 amide bonds. The van der Waals surface area contributed by atoms with Crippen molar-refractivity contribution in [1.82, 2.24) is 0 Å². The van der Waals surface area contributed by atoms with Crippen molar-refractivity contribution in [3.8, 4) is 11.5 Å². The second kappa shape index (κ2) is 6.40. The molecule has 0 aliphatic carbocycles. The van der Waals surface area contributed by atoms with Crippen LogP contribution in [0.2, 0.25) is 0 Å². The van der Waals surface area contributed by atoms with Crippen LogP contribution in [0.1, 0.15) is 74.9 Å².